The van der Waals surface area contributed by atoms with Crippen molar-refractivity contribution in [3.63, 3.8) is 0 Å². The summed E-state index contributed by atoms with van der Waals surface area (Å²) in [6, 6.07) is 6.60. The normalized spacial score (nSPS) is 29.8. The second kappa shape index (κ2) is 5.08. The van der Waals surface area contributed by atoms with Crippen molar-refractivity contribution >= 4 is 11.6 Å². The van der Waals surface area contributed by atoms with Gasteiger partial charge in [-0.15, -0.1) is 0 Å². The van der Waals surface area contributed by atoms with Crippen LogP contribution < -0.4 is 10.6 Å². The average Bonchev–Trinajstić information content (AvgIpc) is 2.77. The highest BCUT2D eigenvalue weighted by Crippen LogP contribution is 2.42. The van der Waals surface area contributed by atoms with Crippen LogP contribution in [0.3, 0.4) is 0 Å². The highest BCUT2D eigenvalue weighted by Gasteiger charge is 2.45. The lowest BCUT2D eigenvalue weighted by molar-refractivity contribution is 0.235. The lowest BCUT2D eigenvalue weighted by Crippen LogP contribution is -2.54. The molecule has 1 saturated carbocycles. The van der Waals surface area contributed by atoms with E-state index in [4.69, 9.17) is 5.73 Å². The lowest BCUT2D eigenvalue weighted by Gasteiger charge is -2.44. The van der Waals surface area contributed by atoms with Gasteiger partial charge in [0, 0.05) is 5.69 Å². The Kier molecular flexibility index (Phi) is 3.40. The first-order chi connectivity index (χ1) is 9.64. The van der Waals surface area contributed by atoms with Gasteiger partial charge in [-0.25, -0.2) is 4.39 Å². The molecule has 0 amide bonds. The standard InChI is InChI=1S/C16H22FN3/c1-2-12-4-3-9-16(10-12)11-19-15(18)20(16)14-7-5-13(17)6-8-14/h5-8,12H,2-4,9-11H2,1H3,(H2,18,19). The summed E-state index contributed by atoms with van der Waals surface area (Å²) in [5.74, 6) is 1.11. The van der Waals surface area contributed by atoms with Crippen molar-refractivity contribution in [1.82, 2.24) is 0 Å². The predicted molar refractivity (Wildman–Crippen MR) is 80.3 cm³/mol. The second-order valence-electron chi connectivity index (χ2n) is 6.08. The summed E-state index contributed by atoms with van der Waals surface area (Å²) >= 11 is 0. The van der Waals surface area contributed by atoms with Crippen LogP contribution in [-0.2, 0) is 0 Å². The van der Waals surface area contributed by atoms with Crippen LogP contribution >= 0.6 is 0 Å². The van der Waals surface area contributed by atoms with Crippen LogP contribution in [0.25, 0.3) is 0 Å². The summed E-state index contributed by atoms with van der Waals surface area (Å²) in [5, 5.41) is 0. The van der Waals surface area contributed by atoms with Crippen LogP contribution in [0.5, 0.6) is 0 Å². The number of nitrogens with two attached hydrogens (primary N) is 1. The highest BCUT2D eigenvalue weighted by atomic mass is 19.1. The first-order valence-electron chi connectivity index (χ1n) is 7.50. The molecule has 0 radical (unpaired) electrons. The molecule has 0 bridgehead atoms. The number of halogens is 1. The van der Waals surface area contributed by atoms with Gasteiger partial charge >= 0.3 is 0 Å². The Bertz CT molecular complexity index is 511. The molecule has 3 nitrogen and oxygen atoms in total. The van der Waals surface area contributed by atoms with Gasteiger partial charge in [0.05, 0.1) is 12.1 Å². The first kappa shape index (κ1) is 13.4. The third-order valence-corrected chi connectivity index (χ3v) is 4.82. The zero-order valence-electron chi connectivity index (χ0n) is 12.0. The van der Waals surface area contributed by atoms with Crippen molar-refractivity contribution in [2.75, 3.05) is 11.4 Å². The van der Waals surface area contributed by atoms with E-state index in [1.54, 1.807) is 12.1 Å². The van der Waals surface area contributed by atoms with Crippen molar-refractivity contribution in [3.05, 3.63) is 30.1 Å². The SMILES string of the molecule is CCC1CCCC2(CN=C(N)N2c2ccc(F)cc2)C1. The summed E-state index contributed by atoms with van der Waals surface area (Å²) in [6.07, 6.45) is 5.98. The van der Waals surface area contributed by atoms with E-state index >= 15 is 0 Å². The summed E-state index contributed by atoms with van der Waals surface area (Å²) in [6.45, 7) is 3.03. The molecule has 3 rings (SSSR count). The Balaban J connectivity index is 1.93. The Labute approximate surface area is 119 Å². The molecule has 0 aromatic heterocycles. The molecule has 20 heavy (non-hydrogen) atoms. The molecule has 1 aliphatic carbocycles. The molecule has 1 aromatic carbocycles. The van der Waals surface area contributed by atoms with Crippen molar-refractivity contribution in [3.8, 4) is 0 Å². The topological polar surface area (TPSA) is 41.6 Å². The van der Waals surface area contributed by atoms with Gasteiger partial charge in [-0.2, -0.15) is 0 Å². The van der Waals surface area contributed by atoms with E-state index in [2.05, 4.69) is 16.8 Å². The maximum Gasteiger partial charge on any atom is 0.196 e. The number of hydrogen-bond donors (Lipinski definition) is 1. The van der Waals surface area contributed by atoms with Crippen LogP contribution in [0.15, 0.2) is 29.3 Å². The fraction of sp³-hybridized carbons (Fsp3) is 0.562. The number of anilines is 1. The molecule has 2 atom stereocenters. The molecule has 1 heterocycles. The van der Waals surface area contributed by atoms with Crippen LogP contribution in [0.4, 0.5) is 10.1 Å². The van der Waals surface area contributed by atoms with Gasteiger partial charge in [-0.3, -0.25) is 4.99 Å². The largest absolute Gasteiger partial charge is 0.369 e. The minimum Gasteiger partial charge on any atom is -0.369 e. The van der Waals surface area contributed by atoms with E-state index in [1.165, 1.54) is 31.4 Å². The molecule has 0 saturated heterocycles. The summed E-state index contributed by atoms with van der Waals surface area (Å²) < 4.78 is 13.1. The Morgan fingerprint density at radius 2 is 2.15 bits per heavy atom. The number of hydrogen-bond acceptors (Lipinski definition) is 3. The highest BCUT2D eigenvalue weighted by molar-refractivity contribution is 5.98. The second-order valence-corrected chi connectivity index (χ2v) is 6.08. The van der Waals surface area contributed by atoms with Gasteiger partial charge in [-0.05, 0) is 43.0 Å². The van der Waals surface area contributed by atoms with Gasteiger partial charge in [-0.1, -0.05) is 26.2 Å². The van der Waals surface area contributed by atoms with Gasteiger partial charge in [0.1, 0.15) is 5.82 Å². The minimum absolute atomic E-state index is 0.0147. The number of nitrogens with zero attached hydrogens (tertiary/aromatic N) is 2. The molecule has 108 valence electrons. The van der Waals surface area contributed by atoms with Crippen molar-refractivity contribution in [2.24, 2.45) is 16.6 Å². The maximum atomic E-state index is 13.1. The van der Waals surface area contributed by atoms with Crippen LogP contribution in [0.1, 0.15) is 39.0 Å². The van der Waals surface area contributed by atoms with E-state index in [-0.39, 0.29) is 11.4 Å². The third kappa shape index (κ3) is 2.17. The monoisotopic (exact) mass is 275 g/mol. The molecule has 1 spiro atoms. The summed E-state index contributed by atoms with van der Waals surface area (Å²) in [5.41, 5.74) is 7.10. The maximum absolute atomic E-state index is 13.1. The molecular formula is C16H22FN3. The fourth-order valence-electron chi connectivity index (χ4n) is 3.77. The van der Waals surface area contributed by atoms with Crippen molar-refractivity contribution < 1.29 is 4.39 Å². The average molecular weight is 275 g/mol. The lowest BCUT2D eigenvalue weighted by atomic mass is 9.74. The van der Waals surface area contributed by atoms with E-state index in [9.17, 15) is 4.39 Å². The summed E-state index contributed by atoms with van der Waals surface area (Å²) in [4.78, 5) is 6.64. The van der Waals surface area contributed by atoms with E-state index in [0.29, 0.717) is 5.96 Å². The van der Waals surface area contributed by atoms with Crippen molar-refractivity contribution in [2.45, 2.75) is 44.6 Å². The summed E-state index contributed by atoms with van der Waals surface area (Å²) in [7, 11) is 0. The van der Waals surface area contributed by atoms with Gasteiger partial charge < -0.3 is 10.6 Å². The Morgan fingerprint density at radius 1 is 1.40 bits per heavy atom. The number of benzene rings is 1. The number of aliphatic imine (C=N–C) groups is 1. The van der Waals surface area contributed by atoms with Gasteiger partial charge in [0.15, 0.2) is 5.96 Å². The van der Waals surface area contributed by atoms with Crippen LogP contribution in [-0.4, -0.2) is 18.0 Å². The van der Waals surface area contributed by atoms with Crippen molar-refractivity contribution in [1.29, 1.82) is 0 Å². The van der Waals surface area contributed by atoms with Gasteiger partial charge in [0.25, 0.3) is 0 Å². The van der Waals surface area contributed by atoms with Crippen LogP contribution in [0, 0.1) is 11.7 Å². The first-order valence-corrected chi connectivity index (χ1v) is 7.50. The van der Waals surface area contributed by atoms with Crippen LogP contribution in [0.2, 0.25) is 0 Å². The smallest absolute Gasteiger partial charge is 0.196 e. The number of rotatable bonds is 2. The Hall–Kier alpha value is -1.58. The molecule has 1 aliphatic heterocycles. The number of guanidine groups is 1. The molecule has 1 fully saturated rings. The molecule has 4 heteroatoms. The van der Waals surface area contributed by atoms with E-state index < -0.39 is 0 Å². The van der Waals surface area contributed by atoms with Gasteiger partial charge in [0.2, 0.25) is 0 Å². The Morgan fingerprint density at radius 3 is 2.85 bits per heavy atom. The minimum atomic E-state index is -0.215. The molecule has 1 aromatic rings. The zero-order chi connectivity index (χ0) is 14.2. The quantitative estimate of drug-likeness (QED) is 0.899. The molecule has 2 N–H and O–H groups in total. The molecular weight excluding hydrogens is 253 g/mol. The fourth-order valence-corrected chi connectivity index (χ4v) is 3.77. The molecule has 2 aliphatic rings. The predicted octanol–water partition coefficient (Wildman–Crippen LogP) is 3.30. The third-order valence-electron chi connectivity index (χ3n) is 4.82. The zero-order valence-corrected chi connectivity index (χ0v) is 12.0. The molecule has 2 unspecified atom stereocenters. The van der Waals surface area contributed by atoms with E-state index in [1.807, 2.05) is 0 Å². The van der Waals surface area contributed by atoms with E-state index in [0.717, 1.165) is 31.0 Å².